The molecular formula is C10H19N3O2. The molecule has 0 aromatic heterocycles. The Morgan fingerprint density at radius 2 is 2.07 bits per heavy atom. The Hall–Kier alpha value is -1.22. The van der Waals surface area contributed by atoms with E-state index < -0.39 is 12.0 Å². The molecule has 1 aliphatic rings. The Bertz CT molecular complexity index is 243. The third-order valence-electron chi connectivity index (χ3n) is 2.72. The molecule has 0 bridgehead atoms. The van der Waals surface area contributed by atoms with Crippen LogP contribution in [0.5, 0.6) is 0 Å². The van der Waals surface area contributed by atoms with E-state index in [1.807, 2.05) is 0 Å². The van der Waals surface area contributed by atoms with Gasteiger partial charge in [0.05, 0.1) is 7.11 Å². The summed E-state index contributed by atoms with van der Waals surface area (Å²) in [6.45, 7) is 0. The minimum atomic E-state index is -0.620. The molecule has 0 saturated heterocycles. The van der Waals surface area contributed by atoms with Gasteiger partial charge in [-0.25, -0.2) is 0 Å². The number of esters is 1. The number of carbonyl (C=O) groups is 1. The lowest BCUT2D eigenvalue weighted by Gasteiger charge is -2.25. The summed E-state index contributed by atoms with van der Waals surface area (Å²) < 4.78 is 4.61. The average molecular weight is 213 g/mol. The minimum absolute atomic E-state index is 0. The monoisotopic (exact) mass is 213 g/mol. The third-order valence-corrected chi connectivity index (χ3v) is 2.72. The maximum atomic E-state index is 11.3. The van der Waals surface area contributed by atoms with Crippen LogP contribution in [0.15, 0.2) is 5.11 Å². The van der Waals surface area contributed by atoms with Gasteiger partial charge in [0, 0.05) is 4.91 Å². The van der Waals surface area contributed by atoms with Gasteiger partial charge in [-0.1, -0.05) is 31.8 Å². The summed E-state index contributed by atoms with van der Waals surface area (Å²) >= 11 is 0. The lowest BCUT2D eigenvalue weighted by Crippen LogP contribution is -2.30. The highest BCUT2D eigenvalue weighted by Gasteiger charge is 2.29. The van der Waals surface area contributed by atoms with Crippen LogP contribution < -0.4 is 0 Å². The molecule has 0 aliphatic heterocycles. The van der Waals surface area contributed by atoms with E-state index >= 15 is 0 Å². The zero-order valence-corrected chi connectivity index (χ0v) is 8.35. The second-order valence-electron chi connectivity index (χ2n) is 3.57. The predicted molar refractivity (Wildman–Crippen MR) is 58.3 cm³/mol. The Morgan fingerprint density at radius 1 is 1.47 bits per heavy atom. The van der Waals surface area contributed by atoms with Crippen molar-refractivity contribution in [2.24, 2.45) is 11.0 Å². The van der Waals surface area contributed by atoms with Gasteiger partial charge in [0.15, 0.2) is 0 Å². The van der Waals surface area contributed by atoms with Crippen LogP contribution in [0, 0.1) is 5.92 Å². The molecule has 0 N–H and O–H groups in total. The van der Waals surface area contributed by atoms with E-state index in [1.165, 1.54) is 13.5 Å². The fraction of sp³-hybridized carbons (Fsp3) is 0.900. The average Bonchev–Trinajstić information content (AvgIpc) is 2.26. The quantitative estimate of drug-likeness (QED) is 0.312. The molecule has 1 aliphatic carbocycles. The van der Waals surface area contributed by atoms with Gasteiger partial charge in [-0.2, -0.15) is 0 Å². The van der Waals surface area contributed by atoms with E-state index in [1.54, 1.807) is 0 Å². The van der Waals surface area contributed by atoms with Crippen LogP contribution in [0.2, 0.25) is 0 Å². The van der Waals surface area contributed by atoms with Crippen molar-refractivity contribution < 1.29 is 9.53 Å². The summed E-state index contributed by atoms with van der Waals surface area (Å²) in [6, 6.07) is -0.620. The number of hydrogen-bond acceptors (Lipinski definition) is 3. The lowest BCUT2D eigenvalue weighted by atomic mass is 9.84. The second-order valence-corrected chi connectivity index (χ2v) is 3.57. The molecule has 0 aromatic rings. The number of rotatable bonds is 3. The van der Waals surface area contributed by atoms with Crippen molar-refractivity contribution >= 4 is 5.97 Å². The molecule has 5 nitrogen and oxygen atoms in total. The van der Waals surface area contributed by atoms with E-state index in [4.69, 9.17) is 5.53 Å². The molecule has 86 valence electrons. The zero-order valence-electron chi connectivity index (χ0n) is 8.35. The molecule has 15 heavy (non-hydrogen) atoms. The molecule has 1 saturated carbocycles. The molecule has 5 heteroatoms. The smallest absolute Gasteiger partial charge is 0.314 e. The highest BCUT2D eigenvalue weighted by atomic mass is 16.5. The number of carbonyl (C=O) groups excluding carboxylic acids is 1. The molecule has 0 unspecified atom stereocenters. The van der Waals surface area contributed by atoms with Crippen molar-refractivity contribution in [3.63, 3.8) is 0 Å². The first kappa shape index (κ1) is 13.8. The number of nitrogens with zero attached hydrogens (tertiary/aromatic N) is 3. The van der Waals surface area contributed by atoms with Gasteiger partial charge in [-0.15, -0.1) is 0 Å². The van der Waals surface area contributed by atoms with Crippen LogP contribution in [0.1, 0.15) is 39.5 Å². The first-order valence-corrected chi connectivity index (χ1v) is 4.91. The van der Waals surface area contributed by atoms with Crippen molar-refractivity contribution in [3.05, 3.63) is 10.4 Å². The van der Waals surface area contributed by atoms with Crippen molar-refractivity contribution in [2.75, 3.05) is 7.11 Å². The van der Waals surface area contributed by atoms with Crippen LogP contribution >= 0.6 is 0 Å². The molecule has 1 rings (SSSR count). The van der Waals surface area contributed by atoms with E-state index in [0.717, 1.165) is 25.7 Å². The second kappa shape index (κ2) is 7.12. The topological polar surface area (TPSA) is 75.1 Å². The number of azide groups is 1. The van der Waals surface area contributed by atoms with Crippen molar-refractivity contribution in [3.8, 4) is 0 Å². The van der Waals surface area contributed by atoms with Crippen LogP contribution in [0.3, 0.4) is 0 Å². The fourth-order valence-electron chi connectivity index (χ4n) is 1.96. The van der Waals surface area contributed by atoms with Crippen LogP contribution in [-0.2, 0) is 9.53 Å². The third kappa shape index (κ3) is 3.80. The summed E-state index contributed by atoms with van der Waals surface area (Å²) in [7, 11) is 1.32. The summed E-state index contributed by atoms with van der Waals surface area (Å²) in [5.74, 6) is -0.234. The highest BCUT2D eigenvalue weighted by molar-refractivity contribution is 5.76. The van der Waals surface area contributed by atoms with Crippen LogP contribution in [0.25, 0.3) is 10.4 Å². The van der Waals surface area contributed by atoms with Crippen molar-refractivity contribution in [2.45, 2.75) is 45.6 Å². The zero-order chi connectivity index (χ0) is 10.4. The van der Waals surface area contributed by atoms with E-state index in [9.17, 15) is 4.79 Å². The fourth-order valence-corrected chi connectivity index (χ4v) is 1.96. The first-order valence-electron chi connectivity index (χ1n) is 4.91. The highest BCUT2D eigenvalue weighted by Crippen LogP contribution is 2.28. The summed E-state index contributed by atoms with van der Waals surface area (Å²) in [5.41, 5.74) is 8.36. The van der Waals surface area contributed by atoms with Crippen molar-refractivity contribution in [1.29, 1.82) is 0 Å². The standard InChI is InChI=1S/C9H15N3O2.CH4/c1-14-9(13)8(11-12-10)7-5-3-2-4-6-7;/h7-8H,2-6H2,1H3;1H4/t8-;/m0./s1. The Balaban J connectivity index is 0.00000196. The van der Waals surface area contributed by atoms with Gasteiger partial charge < -0.3 is 4.74 Å². The molecule has 1 fully saturated rings. The Labute approximate surface area is 90.4 Å². The maximum Gasteiger partial charge on any atom is 0.314 e. The molecule has 0 aromatic carbocycles. The first-order chi connectivity index (χ1) is 6.79. The number of hydrogen-bond donors (Lipinski definition) is 0. The molecule has 0 heterocycles. The number of methoxy groups -OCH3 is 1. The Kier molecular flexibility index (Phi) is 6.54. The van der Waals surface area contributed by atoms with Crippen LogP contribution in [0.4, 0.5) is 0 Å². The molecule has 1 atom stereocenters. The van der Waals surface area contributed by atoms with Crippen LogP contribution in [-0.4, -0.2) is 19.1 Å². The molecule has 0 radical (unpaired) electrons. The number of ether oxygens (including phenoxy) is 1. The van der Waals surface area contributed by atoms with E-state index in [2.05, 4.69) is 14.8 Å². The largest absolute Gasteiger partial charge is 0.469 e. The van der Waals surface area contributed by atoms with Gasteiger partial charge in [-0.05, 0) is 24.3 Å². The molecule has 0 spiro atoms. The summed E-state index contributed by atoms with van der Waals surface area (Å²) in [5, 5.41) is 3.52. The van der Waals surface area contributed by atoms with E-state index in [0.29, 0.717) is 0 Å². The van der Waals surface area contributed by atoms with Crippen molar-refractivity contribution in [1.82, 2.24) is 0 Å². The minimum Gasteiger partial charge on any atom is -0.469 e. The summed E-state index contributed by atoms with van der Waals surface area (Å²) in [6.07, 6.45) is 5.34. The van der Waals surface area contributed by atoms with Gasteiger partial charge in [0.25, 0.3) is 0 Å². The van der Waals surface area contributed by atoms with Gasteiger partial charge in [0.1, 0.15) is 6.04 Å². The van der Waals surface area contributed by atoms with Gasteiger partial charge in [-0.3, -0.25) is 4.79 Å². The van der Waals surface area contributed by atoms with Gasteiger partial charge >= 0.3 is 5.97 Å². The predicted octanol–water partition coefficient (Wildman–Crippen LogP) is 3.05. The Morgan fingerprint density at radius 3 is 2.53 bits per heavy atom. The maximum absolute atomic E-state index is 11.3. The molecule has 0 amide bonds. The molecular weight excluding hydrogens is 194 g/mol. The van der Waals surface area contributed by atoms with E-state index in [-0.39, 0.29) is 13.3 Å². The summed E-state index contributed by atoms with van der Waals surface area (Å²) in [4.78, 5) is 14.0. The lowest BCUT2D eigenvalue weighted by molar-refractivity contribution is -0.143. The van der Waals surface area contributed by atoms with Gasteiger partial charge in [0.2, 0.25) is 0 Å². The normalized spacial score (nSPS) is 18.2. The SMILES string of the molecule is C.COC(=O)[C@@H](N=[N+]=[N-])C1CCCCC1.